The second-order valence-corrected chi connectivity index (χ2v) is 4.98. The Balaban J connectivity index is 2.37. The van der Waals surface area contributed by atoms with Gasteiger partial charge in [0.15, 0.2) is 0 Å². The van der Waals surface area contributed by atoms with Crippen LogP contribution in [0.25, 0.3) is 11.3 Å². The Morgan fingerprint density at radius 2 is 1.87 bits per heavy atom. The van der Waals surface area contributed by atoms with Crippen molar-refractivity contribution < 1.29 is 0 Å². The standard InChI is InChI=1S/C12H14N2S/c1-12(2,13)11-14-10(8-15-11)9-6-4-3-5-7-9/h3-8H,13H2,1-2H3. The van der Waals surface area contributed by atoms with Crippen LogP contribution in [-0.2, 0) is 5.54 Å². The Morgan fingerprint density at radius 3 is 2.40 bits per heavy atom. The minimum absolute atomic E-state index is 0.350. The van der Waals surface area contributed by atoms with Gasteiger partial charge in [-0.25, -0.2) is 4.98 Å². The third kappa shape index (κ3) is 2.25. The number of aromatic nitrogens is 1. The molecule has 15 heavy (non-hydrogen) atoms. The molecule has 0 radical (unpaired) electrons. The maximum absolute atomic E-state index is 6.00. The number of hydrogen-bond donors (Lipinski definition) is 1. The van der Waals surface area contributed by atoms with Crippen LogP contribution in [-0.4, -0.2) is 4.98 Å². The molecule has 0 aliphatic heterocycles. The average Bonchev–Trinajstić information content (AvgIpc) is 2.67. The highest BCUT2D eigenvalue weighted by Crippen LogP contribution is 2.26. The molecule has 0 spiro atoms. The molecule has 3 heteroatoms. The summed E-state index contributed by atoms with van der Waals surface area (Å²) >= 11 is 1.62. The lowest BCUT2D eigenvalue weighted by Gasteiger charge is -2.13. The normalized spacial score (nSPS) is 11.7. The molecule has 2 rings (SSSR count). The minimum atomic E-state index is -0.350. The molecule has 0 saturated carbocycles. The van der Waals surface area contributed by atoms with Crippen LogP contribution in [0.4, 0.5) is 0 Å². The highest BCUT2D eigenvalue weighted by atomic mass is 32.1. The first kappa shape index (κ1) is 10.3. The SMILES string of the molecule is CC(C)(N)c1nc(-c2ccccc2)cs1. The Morgan fingerprint density at radius 1 is 1.20 bits per heavy atom. The quantitative estimate of drug-likeness (QED) is 0.841. The van der Waals surface area contributed by atoms with Gasteiger partial charge in [0.25, 0.3) is 0 Å². The van der Waals surface area contributed by atoms with Gasteiger partial charge in [-0.05, 0) is 13.8 Å². The summed E-state index contributed by atoms with van der Waals surface area (Å²) in [5.41, 5.74) is 7.80. The Labute approximate surface area is 93.8 Å². The van der Waals surface area contributed by atoms with Crippen LogP contribution in [0.2, 0.25) is 0 Å². The molecule has 2 aromatic rings. The molecular weight excluding hydrogens is 204 g/mol. The molecule has 0 aliphatic carbocycles. The van der Waals surface area contributed by atoms with Crippen LogP contribution in [0.1, 0.15) is 18.9 Å². The molecule has 0 amide bonds. The average molecular weight is 218 g/mol. The van der Waals surface area contributed by atoms with Crippen molar-refractivity contribution in [3.8, 4) is 11.3 Å². The van der Waals surface area contributed by atoms with E-state index < -0.39 is 0 Å². The summed E-state index contributed by atoms with van der Waals surface area (Å²) in [4.78, 5) is 4.55. The van der Waals surface area contributed by atoms with Crippen molar-refractivity contribution in [1.29, 1.82) is 0 Å². The van der Waals surface area contributed by atoms with Crippen molar-refractivity contribution in [3.05, 3.63) is 40.7 Å². The summed E-state index contributed by atoms with van der Waals surface area (Å²) < 4.78 is 0. The second kappa shape index (κ2) is 3.76. The minimum Gasteiger partial charge on any atom is -0.320 e. The predicted molar refractivity (Wildman–Crippen MR) is 64.8 cm³/mol. The highest BCUT2D eigenvalue weighted by molar-refractivity contribution is 7.10. The fourth-order valence-corrected chi connectivity index (χ4v) is 2.18. The van der Waals surface area contributed by atoms with E-state index in [0.717, 1.165) is 16.3 Å². The molecule has 2 N–H and O–H groups in total. The zero-order valence-electron chi connectivity index (χ0n) is 8.90. The summed E-state index contributed by atoms with van der Waals surface area (Å²) in [5, 5.41) is 3.03. The van der Waals surface area contributed by atoms with Crippen LogP contribution in [0.5, 0.6) is 0 Å². The van der Waals surface area contributed by atoms with Gasteiger partial charge >= 0.3 is 0 Å². The zero-order valence-corrected chi connectivity index (χ0v) is 9.71. The smallest absolute Gasteiger partial charge is 0.113 e. The molecule has 78 valence electrons. The molecule has 1 aromatic heterocycles. The Bertz CT molecular complexity index is 440. The van der Waals surface area contributed by atoms with Crippen molar-refractivity contribution in [2.45, 2.75) is 19.4 Å². The van der Waals surface area contributed by atoms with Crippen molar-refractivity contribution in [2.24, 2.45) is 5.73 Å². The molecule has 1 aromatic carbocycles. The molecule has 0 fully saturated rings. The first-order valence-electron chi connectivity index (χ1n) is 4.88. The molecule has 0 unspecified atom stereocenters. The van der Waals surface area contributed by atoms with E-state index >= 15 is 0 Å². The van der Waals surface area contributed by atoms with Gasteiger partial charge in [0.1, 0.15) is 5.01 Å². The molecule has 0 atom stereocenters. The van der Waals surface area contributed by atoms with Crippen LogP contribution in [0, 0.1) is 0 Å². The number of thiazole rings is 1. The summed E-state index contributed by atoms with van der Waals surface area (Å²) in [6.07, 6.45) is 0. The summed E-state index contributed by atoms with van der Waals surface area (Å²) in [6.45, 7) is 3.95. The third-order valence-corrected chi connectivity index (χ3v) is 3.31. The van der Waals surface area contributed by atoms with E-state index in [9.17, 15) is 0 Å². The topological polar surface area (TPSA) is 38.9 Å². The number of benzene rings is 1. The predicted octanol–water partition coefficient (Wildman–Crippen LogP) is 3.00. The fraction of sp³-hybridized carbons (Fsp3) is 0.250. The molecule has 0 aliphatic rings. The van der Waals surface area contributed by atoms with E-state index in [2.05, 4.69) is 22.5 Å². The van der Waals surface area contributed by atoms with Gasteiger partial charge < -0.3 is 5.73 Å². The molecule has 1 heterocycles. The van der Waals surface area contributed by atoms with E-state index in [-0.39, 0.29) is 5.54 Å². The number of rotatable bonds is 2. The van der Waals surface area contributed by atoms with E-state index in [4.69, 9.17) is 5.73 Å². The van der Waals surface area contributed by atoms with Gasteiger partial charge in [0.05, 0.1) is 11.2 Å². The van der Waals surface area contributed by atoms with Gasteiger partial charge in [-0.2, -0.15) is 0 Å². The lowest BCUT2D eigenvalue weighted by atomic mass is 10.1. The largest absolute Gasteiger partial charge is 0.320 e. The number of nitrogens with zero attached hydrogens (tertiary/aromatic N) is 1. The van der Waals surface area contributed by atoms with Gasteiger partial charge in [0.2, 0.25) is 0 Å². The van der Waals surface area contributed by atoms with Crippen LogP contribution < -0.4 is 5.73 Å². The number of hydrogen-bond acceptors (Lipinski definition) is 3. The van der Waals surface area contributed by atoms with Gasteiger partial charge in [-0.3, -0.25) is 0 Å². The highest BCUT2D eigenvalue weighted by Gasteiger charge is 2.18. The van der Waals surface area contributed by atoms with Crippen molar-refractivity contribution in [2.75, 3.05) is 0 Å². The van der Waals surface area contributed by atoms with Crippen molar-refractivity contribution in [3.63, 3.8) is 0 Å². The first-order chi connectivity index (χ1) is 7.07. The van der Waals surface area contributed by atoms with Crippen LogP contribution in [0.15, 0.2) is 35.7 Å². The maximum atomic E-state index is 6.00. The van der Waals surface area contributed by atoms with Crippen molar-refractivity contribution >= 4 is 11.3 Å². The third-order valence-electron chi connectivity index (χ3n) is 2.12. The summed E-state index contributed by atoms with van der Waals surface area (Å²) in [6, 6.07) is 10.2. The monoisotopic (exact) mass is 218 g/mol. The lowest BCUT2D eigenvalue weighted by molar-refractivity contribution is 0.551. The zero-order chi connectivity index (χ0) is 10.9. The van der Waals surface area contributed by atoms with E-state index in [1.807, 2.05) is 32.0 Å². The van der Waals surface area contributed by atoms with E-state index in [1.54, 1.807) is 11.3 Å². The number of nitrogens with two attached hydrogens (primary N) is 1. The first-order valence-corrected chi connectivity index (χ1v) is 5.75. The van der Waals surface area contributed by atoms with E-state index in [0.29, 0.717) is 0 Å². The fourth-order valence-electron chi connectivity index (χ4n) is 1.31. The lowest BCUT2D eigenvalue weighted by Crippen LogP contribution is -2.28. The molecular formula is C12H14N2S. The summed E-state index contributed by atoms with van der Waals surface area (Å²) in [7, 11) is 0. The molecule has 0 saturated heterocycles. The molecule has 0 bridgehead atoms. The van der Waals surface area contributed by atoms with Gasteiger partial charge in [0, 0.05) is 10.9 Å². The van der Waals surface area contributed by atoms with Gasteiger partial charge in [-0.1, -0.05) is 30.3 Å². The summed E-state index contributed by atoms with van der Waals surface area (Å²) in [5.74, 6) is 0. The van der Waals surface area contributed by atoms with Crippen LogP contribution in [0.3, 0.4) is 0 Å². The van der Waals surface area contributed by atoms with Crippen molar-refractivity contribution in [1.82, 2.24) is 4.98 Å². The maximum Gasteiger partial charge on any atom is 0.113 e. The molecule has 2 nitrogen and oxygen atoms in total. The Hall–Kier alpha value is -1.19. The Kier molecular flexibility index (Phi) is 2.59. The van der Waals surface area contributed by atoms with Crippen LogP contribution >= 0.6 is 11.3 Å². The second-order valence-electron chi connectivity index (χ2n) is 4.13. The van der Waals surface area contributed by atoms with E-state index in [1.165, 1.54) is 0 Å². The van der Waals surface area contributed by atoms with Gasteiger partial charge in [-0.15, -0.1) is 11.3 Å².